The Hall–Kier alpha value is -0.420. The molecule has 1 nitrogen and oxygen atoms in total. The molecule has 0 spiro atoms. The largest absolute Gasteiger partial charge is 0.251 e. The Kier molecular flexibility index (Phi) is 3.45. The van der Waals surface area contributed by atoms with Crippen LogP contribution >= 0.6 is 34.2 Å². The van der Waals surface area contributed by atoms with Crippen molar-refractivity contribution in [1.29, 1.82) is 0 Å². The van der Waals surface area contributed by atoms with Crippen molar-refractivity contribution < 1.29 is 4.39 Å². The van der Waals surface area contributed by atoms with Crippen LogP contribution < -0.4 is 0 Å². The molecule has 1 fully saturated rings. The standard InChI is InChI=1S/C14H12ClFIN/c15-11-7-13(8-3-1-2-4-8)18-14-10(11)5-9(16)6-12(14)17/h5-8H,1-4H2. The van der Waals surface area contributed by atoms with E-state index in [4.69, 9.17) is 16.6 Å². The van der Waals surface area contributed by atoms with Crippen molar-refractivity contribution in [3.63, 3.8) is 0 Å². The van der Waals surface area contributed by atoms with Gasteiger partial charge in [0.25, 0.3) is 0 Å². The van der Waals surface area contributed by atoms with Gasteiger partial charge in [-0.25, -0.2) is 4.39 Å². The van der Waals surface area contributed by atoms with Crippen molar-refractivity contribution >= 4 is 45.1 Å². The first-order chi connectivity index (χ1) is 8.65. The molecule has 0 aliphatic heterocycles. The molecule has 0 saturated heterocycles. The van der Waals surface area contributed by atoms with E-state index in [0.717, 1.165) is 14.8 Å². The second-order valence-electron chi connectivity index (χ2n) is 4.79. The molecule has 18 heavy (non-hydrogen) atoms. The zero-order valence-electron chi connectivity index (χ0n) is 9.72. The molecule has 1 aliphatic rings. The second kappa shape index (κ2) is 4.93. The average molecular weight is 376 g/mol. The minimum atomic E-state index is -0.260. The summed E-state index contributed by atoms with van der Waals surface area (Å²) in [7, 11) is 0. The summed E-state index contributed by atoms with van der Waals surface area (Å²) in [6.07, 6.45) is 4.91. The lowest BCUT2D eigenvalue weighted by Crippen LogP contribution is -1.98. The summed E-state index contributed by atoms with van der Waals surface area (Å²) in [5, 5.41) is 1.32. The molecule has 2 aromatic rings. The van der Waals surface area contributed by atoms with Crippen LogP contribution in [0.25, 0.3) is 10.9 Å². The smallest absolute Gasteiger partial charge is 0.125 e. The van der Waals surface area contributed by atoms with E-state index in [-0.39, 0.29) is 5.82 Å². The van der Waals surface area contributed by atoms with Gasteiger partial charge >= 0.3 is 0 Å². The zero-order valence-corrected chi connectivity index (χ0v) is 12.6. The second-order valence-corrected chi connectivity index (χ2v) is 6.36. The minimum Gasteiger partial charge on any atom is -0.251 e. The highest BCUT2D eigenvalue weighted by Crippen LogP contribution is 2.36. The van der Waals surface area contributed by atoms with E-state index in [1.165, 1.54) is 37.8 Å². The Morgan fingerprint density at radius 1 is 1.22 bits per heavy atom. The molecule has 0 amide bonds. The topological polar surface area (TPSA) is 12.9 Å². The average Bonchev–Trinajstić information content (AvgIpc) is 2.83. The molecule has 1 aromatic carbocycles. The monoisotopic (exact) mass is 375 g/mol. The number of nitrogens with zero attached hydrogens (tertiary/aromatic N) is 1. The summed E-state index contributed by atoms with van der Waals surface area (Å²) in [5.41, 5.74) is 1.89. The summed E-state index contributed by atoms with van der Waals surface area (Å²) in [5.74, 6) is 0.261. The first-order valence-electron chi connectivity index (χ1n) is 6.10. The van der Waals surface area contributed by atoms with Crippen LogP contribution in [-0.2, 0) is 0 Å². The molecule has 4 heteroatoms. The Morgan fingerprint density at radius 2 is 1.94 bits per heavy atom. The van der Waals surface area contributed by atoms with Gasteiger partial charge in [0.15, 0.2) is 0 Å². The summed E-state index contributed by atoms with van der Waals surface area (Å²) < 4.78 is 14.2. The SMILES string of the molecule is Fc1cc(I)c2nc(C3CCCC3)cc(Cl)c2c1. The van der Waals surface area contributed by atoms with Gasteiger partial charge in [-0.1, -0.05) is 24.4 Å². The number of hydrogen-bond donors (Lipinski definition) is 0. The van der Waals surface area contributed by atoms with Crippen LogP contribution in [0.1, 0.15) is 37.3 Å². The zero-order chi connectivity index (χ0) is 12.7. The maximum absolute atomic E-state index is 13.4. The molecule has 0 radical (unpaired) electrons. The van der Waals surface area contributed by atoms with E-state index in [1.807, 2.05) is 6.07 Å². The maximum Gasteiger partial charge on any atom is 0.125 e. The molecule has 0 atom stereocenters. The van der Waals surface area contributed by atoms with E-state index in [2.05, 4.69) is 22.6 Å². The van der Waals surface area contributed by atoms with Crippen LogP contribution in [0.5, 0.6) is 0 Å². The van der Waals surface area contributed by atoms with Crippen molar-refractivity contribution in [3.05, 3.63) is 38.3 Å². The van der Waals surface area contributed by atoms with Crippen LogP contribution in [0.2, 0.25) is 5.02 Å². The summed E-state index contributed by atoms with van der Waals surface area (Å²) >= 11 is 8.39. The summed E-state index contributed by atoms with van der Waals surface area (Å²) in [6.45, 7) is 0. The molecule has 1 saturated carbocycles. The highest BCUT2D eigenvalue weighted by molar-refractivity contribution is 14.1. The minimum absolute atomic E-state index is 0.260. The predicted molar refractivity (Wildman–Crippen MR) is 80.6 cm³/mol. The van der Waals surface area contributed by atoms with E-state index in [0.29, 0.717) is 16.3 Å². The lowest BCUT2D eigenvalue weighted by Gasteiger charge is -2.11. The van der Waals surface area contributed by atoms with E-state index >= 15 is 0 Å². The number of fused-ring (bicyclic) bond motifs is 1. The number of hydrogen-bond acceptors (Lipinski definition) is 1. The van der Waals surface area contributed by atoms with Gasteiger partial charge in [-0.2, -0.15) is 0 Å². The maximum atomic E-state index is 13.4. The van der Waals surface area contributed by atoms with Gasteiger partial charge in [0.2, 0.25) is 0 Å². The van der Waals surface area contributed by atoms with Crippen molar-refractivity contribution in [3.8, 4) is 0 Å². The van der Waals surface area contributed by atoms with Crippen molar-refractivity contribution in [2.45, 2.75) is 31.6 Å². The Balaban J connectivity index is 2.20. The predicted octanol–water partition coefficient (Wildman–Crippen LogP) is 5.29. The highest BCUT2D eigenvalue weighted by atomic mass is 127. The lowest BCUT2D eigenvalue weighted by atomic mass is 10.0. The summed E-state index contributed by atoms with van der Waals surface area (Å²) in [6, 6.07) is 4.88. The molecule has 0 N–H and O–H groups in total. The van der Waals surface area contributed by atoms with Gasteiger partial charge in [-0.05, 0) is 53.6 Å². The molecule has 1 aliphatic carbocycles. The van der Waals surface area contributed by atoms with Crippen LogP contribution in [0.15, 0.2) is 18.2 Å². The molecule has 3 rings (SSSR count). The third-order valence-corrected chi connectivity index (χ3v) is 4.71. The van der Waals surface area contributed by atoms with E-state index in [9.17, 15) is 4.39 Å². The van der Waals surface area contributed by atoms with Crippen molar-refractivity contribution in [1.82, 2.24) is 4.98 Å². The molecule has 1 aromatic heterocycles. The normalized spacial score (nSPS) is 16.6. The van der Waals surface area contributed by atoms with Crippen LogP contribution in [-0.4, -0.2) is 4.98 Å². The number of benzene rings is 1. The Labute approximate surface area is 124 Å². The Morgan fingerprint density at radius 3 is 2.67 bits per heavy atom. The highest BCUT2D eigenvalue weighted by Gasteiger charge is 2.20. The lowest BCUT2D eigenvalue weighted by molar-refractivity contribution is 0.628. The molecule has 0 unspecified atom stereocenters. The fraction of sp³-hybridized carbons (Fsp3) is 0.357. The fourth-order valence-corrected chi connectivity index (χ4v) is 3.63. The van der Waals surface area contributed by atoms with Gasteiger partial charge in [-0.15, -0.1) is 0 Å². The molecular formula is C14H12ClFIN. The fourth-order valence-electron chi connectivity index (χ4n) is 2.66. The van der Waals surface area contributed by atoms with E-state index in [1.54, 1.807) is 0 Å². The first-order valence-corrected chi connectivity index (χ1v) is 7.56. The van der Waals surface area contributed by atoms with Gasteiger partial charge in [0, 0.05) is 20.6 Å². The van der Waals surface area contributed by atoms with Gasteiger partial charge < -0.3 is 0 Å². The molecular weight excluding hydrogens is 364 g/mol. The van der Waals surface area contributed by atoms with Gasteiger partial charge in [-0.3, -0.25) is 4.98 Å². The van der Waals surface area contributed by atoms with Crippen molar-refractivity contribution in [2.75, 3.05) is 0 Å². The number of halogens is 3. The summed E-state index contributed by atoms with van der Waals surface area (Å²) in [4.78, 5) is 4.70. The quantitative estimate of drug-likeness (QED) is 0.617. The molecule has 0 bridgehead atoms. The van der Waals surface area contributed by atoms with Crippen molar-refractivity contribution in [2.24, 2.45) is 0 Å². The Bertz CT molecular complexity index is 608. The van der Waals surface area contributed by atoms with Crippen LogP contribution in [0.4, 0.5) is 4.39 Å². The molecule has 94 valence electrons. The van der Waals surface area contributed by atoms with Crippen LogP contribution in [0, 0.1) is 9.39 Å². The third kappa shape index (κ3) is 2.23. The number of rotatable bonds is 1. The van der Waals surface area contributed by atoms with Gasteiger partial charge in [0.05, 0.1) is 10.5 Å². The number of aromatic nitrogens is 1. The first kappa shape index (κ1) is 12.6. The van der Waals surface area contributed by atoms with E-state index < -0.39 is 0 Å². The molecule has 1 heterocycles. The van der Waals surface area contributed by atoms with Crippen LogP contribution in [0.3, 0.4) is 0 Å². The number of pyridine rings is 1. The van der Waals surface area contributed by atoms with Gasteiger partial charge in [0.1, 0.15) is 5.82 Å². The third-order valence-electron chi connectivity index (χ3n) is 3.57.